The second-order valence-electron chi connectivity index (χ2n) is 6.36. The molecule has 0 saturated carbocycles. The van der Waals surface area contributed by atoms with Crippen molar-refractivity contribution < 1.29 is 14.7 Å². The zero-order valence-corrected chi connectivity index (χ0v) is 12.8. The van der Waals surface area contributed by atoms with Crippen molar-refractivity contribution in [3.63, 3.8) is 0 Å². The quantitative estimate of drug-likeness (QED) is 0.594. The number of rotatable bonds is 8. The summed E-state index contributed by atoms with van der Waals surface area (Å²) in [6, 6.07) is -0.434. The molecule has 0 heterocycles. The Hall–Kier alpha value is -1.26. The second kappa shape index (κ2) is 7.36. The predicted molar refractivity (Wildman–Crippen MR) is 76.2 cm³/mol. The van der Waals surface area contributed by atoms with Crippen LogP contribution >= 0.6 is 0 Å². The van der Waals surface area contributed by atoms with Crippen LogP contribution in [-0.2, 0) is 4.79 Å². The molecule has 2 amide bonds. The molecule has 5 nitrogen and oxygen atoms in total. The van der Waals surface area contributed by atoms with E-state index in [1.807, 2.05) is 0 Å². The lowest BCUT2D eigenvalue weighted by Crippen LogP contribution is -2.54. The molecule has 0 rings (SSSR count). The summed E-state index contributed by atoms with van der Waals surface area (Å²) in [6.45, 7) is 9.82. The van der Waals surface area contributed by atoms with Gasteiger partial charge in [0.1, 0.15) is 5.54 Å². The summed E-state index contributed by atoms with van der Waals surface area (Å²) < 4.78 is 0. The van der Waals surface area contributed by atoms with Gasteiger partial charge in [0.25, 0.3) is 0 Å². The van der Waals surface area contributed by atoms with Crippen molar-refractivity contribution in [1.82, 2.24) is 10.6 Å². The molecule has 0 aliphatic heterocycles. The van der Waals surface area contributed by atoms with Crippen LogP contribution in [0.4, 0.5) is 4.79 Å². The summed E-state index contributed by atoms with van der Waals surface area (Å²) >= 11 is 0. The molecule has 0 unspecified atom stereocenters. The van der Waals surface area contributed by atoms with Crippen LogP contribution in [0.15, 0.2) is 0 Å². The highest BCUT2D eigenvalue weighted by atomic mass is 16.4. The standard InChI is InChI=1S/C14H28N2O3/c1-6-7-8-9-13(2,3)10-15-12(19)16-14(4,5)11(17)18/h6-10H2,1-5H3,(H,17,18)(H2,15,16,19). The molecule has 0 aliphatic rings. The molecule has 0 aromatic heterocycles. The Bertz CT molecular complexity index is 312. The van der Waals surface area contributed by atoms with E-state index < -0.39 is 17.5 Å². The average Bonchev–Trinajstić information content (AvgIpc) is 2.26. The van der Waals surface area contributed by atoms with Crippen molar-refractivity contribution in [2.24, 2.45) is 5.41 Å². The van der Waals surface area contributed by atoms with Gasteiger partial charge in [-0.15, -0.1) is 0 Å². The molecule has 19 heavy (non-hydrogen) atoms. The van der Waals surface area contributed by atoms with Crippen molar-refractivity contribution in [1.29, 1.82) is 0 Å². The maximum atomic E-state index is 11.7. The lowest BCUT2D eigenvalue weighted by Gasteiger charge is -2.27. The number of carbonyl (C=O) groups excluding carboxylic acids is 1. The Morgan fingerprint density at radius 1 is 1.11 bits per heavy atom. The number of hydrogen-bond acceptors (Lipinski definition) is 2. The third-order valence-electron chi connectivity index (χ3n) is 3.15. The number of unbranched alkanes of at least 4 members (excludes halogenated alkanes) is 2. The molecule has 0 atom stereocenters. The summed E-state index contributed by atoms with van der Waals surface area (Å²) in [6.07, 6.45) is 4.56. The van der Waals surface area contributed by atoms with E-state index in [1.54, 1.807) is 0 Å². The number of carbonyl (C=O) groups is 2. The first-order chi connectivity index (χ1) is 8.60. The first kappa shape index (κ1) is 17.7. The van der Waals surface area contributed by atoms with E-state index in [0.717, 1.165) is 12.8 Å². The molecule has 0 spiro atoms. The topological polar surface area (TPSA) is 78.4 Å². The van der Waals surface area contributed by atoms with Crippen LogP contribution < -0.4 is 10.6 Å². The molecule has 0 saturated heterocycles. The molecule has 0 radical (unpaired) electrons. The average molecular weight is 272 g/mol. The molecular weight excluding hydrogens is 244 g/mol. The molecule has 0 bridgehead atoms. The van der Waals surface area contributed by atoms with Gasteiger partial charge in [0, 0.05) is 6.54 Å². The highest BCUT2D eigenvalue weighted by molar-refractivity contribution is 5.85. The Balaban J connectivity index is 4.11. The van der Waals surface area contributed by atoms with Gasteiger partial charge in [0.15, 0.2) is 0 Å². The van der Waals surface area contributed by atoms with Crippen LogP contribution in [-0.4, -0.2) is 29.2 Å². The number of hydrogen-bond donors (Lipinski definition) is 3. The Morgan fingerprint density at radius 2 is 1.68 bits per heavy atom. The number of nitrogens with one attached hydrogen (secondary N) is 2. The Morgan fingerprint density at radius 3 is 2.16 bits per heavy atom. The van der Waals surface area contributed by atoms with Crippen LogP contribution in [0.2, 0.25) is 0 Å². The van der Waals surface area contributed by atoms with E-state index in [2.05, 4.69) is 31.4 Å². The molecule has 0 fully saturated rings. The summed E-state index contributed by atoms with van der Waals surface area (Å²) in [5.74, 6) is -1.05. The van der Waals surface area contributed by atoms with Crippen LogP contribution in [0, 0.1) is 5.41 Å². The first-order valence-electron chi connectivity index (χ1n) is 6.90. The number of amides is 2. The van der Waals surface area contributed by atoms with Crippen LogP contribution in [0.1, 0.15) is 60.3 Å². The largest absolute Gasteiger partial charge is 0.480 e. The number of aliphatic carboxylic acids is 1. The van der Waals surface area contributed by atoms with Crippen molar-refractivity contribution in [2.45, 2.75) is 65.8 Å². The maximum absolute atomic E-state index is 11.7. The molecule has 0 aromatic rings. The van der Waals surface area contributed by atoms with E-state index in [4.69, 9.17) is 5.11 Å². The molecule has 0 aromatic carbocycles. The van der Waals surface area contributed by atoms with E-state index in [0.29, 0.717) is 6.54 Å². The minimum absolute atomic E-state index is 0.0277. The Labute approximate surface area is 116 Å². The fourth-order valence-electron chi connectivity index (χ4n) is 1.64. The highest BCUT2D eigenvalue weighted by Gasteiger charge is 2.29. The van der Waals surface area contributed by atoms with Gasteiger partial charge in [0.2, 0.25) is 0 Å². The maximum Gasteiger partial charge on any atom is 0.328 e. The van der Waals surface area contributed by atoms with E-state index >= 15 is 0 Å². The highest BCUT2D eigenvalue weighted by Crippen LogP contribution is 2.22. The van der Waals surface area contributed by atoms with Gasteiger partial charge in [0.05, 0.1) is 0 Å². The van der Waals surface area contributed by atoms with E-state index in [9.17, 15) is 9.59 Å². The molecular formula is C14H28N2O3. The third-order valence-corrected chi connectivity index (χ3v) is 3.15. The smallest absolute Gasteiger partial charge is 0.328 e. The zero-order valence-electron chi connectivity index (χ0n) is 12.8. The van der Waals surface area contributed by atoms with Gasteiger partial charge in [-0.25, -0.2) is 9.59 Å². The molecule has 0 aliphatic carbocycles. The van der Waals surface area contributed by atoms with Gasteiger partial charge in [-0.05, 0) is 25.7 Å². The fourth-order valence-corrected chi connectivity index (χ4v) is 1.64. The van der Waals surface area contributed by atoms with Crippen molar-refractivity contribution in [2.75, 3.05) is 6.54 Å². The SMILES string of the molecule is CCCCCC(C)(C)CNC(=O)NC(C)(C)C(=O)O. The predicted octanol–water partition coefficient (Wildman–Crippen LogP) is 2.76. The van der Waals surface area contributed by atoms with Crippen molar-refractivity contribution in [3.05, 3.63) is 0 Å². The molecule has 5 heteroatoms. The summed E-state index contributed by atoms with van der Waals surface area (Å²) in [7, 11) is 0. The van der Waals surface area contributed by atoms with Crippen molar-refractivity contribution in [3.8, 4) is 0 Å². The lowest BCUT2D eigenvalue weighted by molar-refractivity contribution is -0.142. The van der Waals surface area contributed by atoms with Crippen LogP contribution in [0.5, 0.6) is 0 Å². The van der Waals surface area contributed by atoms with Gasteiger partial charge in [-0.1, -0.05) is 40.0 Å². The third kappa shape index (κ3) is 7.70. The lowest BCUT2D eigenvalue weighted by atomic mass is 9.87. The summed E-state index contributed by atoms with van der Waals surface area (Å²) in [5, 5.41) is 14.1. The first-order valence-corrected chi connectivity index (χ1v) is 6.90. The number of carboxylic acids is 1. The normalized spacial score (nSPS) is 12.1. The van der Waals surface area contributed by atoms with Gasteiger partial charge in [-0.2, -0.15) is 0 Å². The van der Waals surface area contributed by atoms with Crippen molar-refractivity contribution >= 4 is 12.0 Å². The monoisotopic (exact) mass is 272 g/mol. The molecule has 3 N–H and O–H groups in total. The van der Waals surface area contributed by atoms with E-state index in [1.165, 1.54) is 26.7 Å². The van der Waals surface area contributed by atoms with Gasteiger partial charge >= 0.3 is 12.0 Å². The Kier molecular flexibility index (Phi) is 6.87. The number of carboxylic acid groups (broad SMARTS) is 1. The molecule has 112 valence electrons. The van der Waals surface area contributed by atoms with Crippen LogP contribution in [0.3, 0.4) is 0 Å². The fraction of sp³-hybridized carbons (Fsp3) is 0.857. The van der Waals surface area contributed by atoms with E-state index in [-0.39, 0.29) is 5.41 Å². The number of urea groups is 1. The van der Waals surface area contributed by atoms with Crippen LogP contribution in [0.25, 0.3) is 0 Å². The van der Waals surface area contributed by atoms with Gasteiger partial charge in [-0.3, -0.25) is 0 Å². The summed E-state index contributed by atoms with van der Waals surface area (Å²) in [4.78, 5) is 22.5. The van der Waals surface area contributed by atoms with Gasteiger partial charge < -0.3 is 15.7 Å². The summed E-state index contributed by atoms with van der Waals surface area (Å²) in [5.41, 5.74) is -1.23. The minimum atomic E-state index is -1.25. The minimum Gasteiger partial charge on any atom is -0.480 e. The second-order valence-corrected chi connectivity index (χ2v) is 6.36. The zero-order chi connectivity index (χ0) is 15.1.